The van der Waals surface area contributed by atoms with Crippen molar-refractivity contribution in [2.24, 2.45) is 11.8 Å². The Morgan fingerprint density at radius 1 is 0.586 bits per heavy atom. The fourth-order valence-electron chi connectivity index (χ4n) is 7.22. The number of carbonyl (C=O) groups is 6. The summed E-state index contributed by atoms with van der Waals surface area (Å²) in [7, 11) is 2.47. The summed E-state index contributed by atoms with van der Waals surface area (Å²) >= 11 is 5.92. The van der Waals surface area contributed by atoms with Gasteiger partial charge in [-0.1, -0.05) is 123 Å². The minimum Gasteiger partial charge on any atom is -0.481 e. The number of nitrogens with one attached hydrogen (secondary N) is 2. The Morgan fingerprint density at radius 3 is 1.46 bits per heavy atom. The summed E-state index contributed by atoms with van der Waals surface area (Å²) in [5.74, 6) is -5.73. The van der Waals surface area contributed by atoms with Crippen LogP contribution in [-0.4, -0.2) is 98.8 Å². The first-order chi connectivity index (χ1) is 33.6. The number of ether oxygens (including phenoxy) is 3. The largest absolute Gasteiger partial charge is 0.481 e. The summed E-state index contributed by atoms with van der Waals surface area (Å²) in [6.45, 7) is 5.34. The van der Waals surface area contributed by atoms with Crippen LogP contribution in [-0.2, 0) is 31.9 Å². The molecule has 2 amide bonds. The van der Waals surface area contributed by atoms with Gasteiger partial charge in [0.25, 0.3) is 11.8 Å². The van der Waals surface area contributed by atoms with Crippen LogP contribution in [0.25, 0.3) is 22.3 Å². The lowest BCUT2D eigenvalue weighted by Gasteiger charge is -2.22. The first-order valence-corrected chi connectivity index (χ1v) is 22.5. The van der Waals surface area contributed by atoms with Crippen molar-refractivity contribution >= 4 is 47.3 Å². The molecule has 18 heteroatoms. The zero-order valence-corrected chi connectivity index (χ0v) is 39.9. The third-order valence-corrected chi connectivity index (χ3v) is 11.0. The van der Waals surface area contributed by atoms with E-state index in [1.807, 2.05) is 109 Å². The molecule has 0 saturated heterocycles. The lowest BCUT2D eigenvalue weighted by molar-refractivity contribution is -0.147. The average molecular weight is 973 g/mol. The molecule has 0 fully saturated rings. The van der Waals surface area contributed by atoms with Crippen molar-refractivity contribution in [3.05, 3.63) is 161 Å². The van der Waals surface area contributed by atoms with Gasteiger partial charge in [-0.05, 0) is 77.6 Å². The Labute approximate surface area is 409 Å². The van der Waals surface area contributed by atoms with E-state index >= 15 is 0 Å². The predicted octanol–water partition coefficient (Wildman–Crippen LogP) is 7.82. The maximum Gasteiger partial charge on any atom is 0.356 e. The first kappa shape index (κ1) is 52.9. The fraction of sp³-hybridized carbons (Fsp3) is 0.269. The molecule has 4 aromatic carbocycles. The molecule has 6 aromatic rings. The number of carbonyl (C=O) groups excluding carboxylic acids is 4. The fourth-order valence-corrected chi connectivity index (χ4v) is 7.40. The van der Waals surface area contributed by atoms with Crippen molar-refractivity contribution in [2.45, 2.75) is 58.5 Å². The second kappa shape index (κ2) is 25.9. The number of hydrogen-bond donors (Lipinski definition) is 4. The molecule has 0 bridgehead atoms. The molecule has 0 unspecified atom stereocenters. The Bertz CT molecular complexity index is 2740. The zero-order chi connectivity index (χ0) is 50.7. The number of amides is 2. The smallest absolute Gasteiger partial charge is 0.356 e. The molecule has 0 saturated carbocycles. The van der Waals surface area contributed by atoms with Crippen molar-refractivity contribution in [3.8, 4) is 28.3 Å². The van der Waals surface area contributed by atoms with Crippen molar-refractivity contribution in [1.29, 1.82) is 0 Å². The molecule has 6 rings (SSSR count). The Hall–Kier alpha value is -8.05. The van der Waals surface area contributed by atoms with Crippen molar-refractivity contribution < 1.29 is 53.2 Å². The quantitative estimate of drug-likeness (QED) is 0.0421. The highest BCUT2D eigenvalue weighted by Crippen LogP contribution is 2.23. The van der Waals surface area contributed by atoms with Gasteiger partial charge in [-0.25, -0.2) is 19.6 Å². The molecule has 4 N–H and O–H groups in total. The number of hydrogen-bond acceptors (Lipinski definition) is 13. The van der Waals surface area contributed by atoms with Crippen LogP contribution >= 0.6 is 11.6 Å². The van der Waals surface area contributed by atoms with E-state index < -0.39 is 53.6 Å². The lowest BCUT2D eigenvalue weighted by Crippen LogP contribution is -2.39. The molecule has 2 heterocycles. The van der Waals surface area contributed by atoms with Crippen molar-refractivity contribution in [3.63, 3.8) is 0 Å². The van der Waals surface area contributed by atoms with Gasteiger partial charge in [0, 0.05) is 24.2 Å². The van der Waals surface area contributed by atoms with Crippen molar-refractivity contribution in [1.82, 2.24) is 30.6 Å². The van der Waals surface area contributed by atoms with E-state index in [1.54, 1.807) is 20.8 Å². The summed E-state index contributed by atoms with van der Waals surface area (Å²) in [5.41, 5.74) is 5.40. The monoisotopic (exact) mass is 972 g/mol. The molecule has 0 radical (unpaired) electrons. The SMILES string of the molecule is CCOC(=O)[C@H](C)C[C@@H](Cc1ccc(-c2ccccc2)cc1)NC(=O)c1cc(C(=O)OC)nc(Cl)n1.COc1nc(C(=O)O)cc(C(=O)N[C@H](Cc2ccc(-c3ccccc3)cc2)C[C@@H](C)C(=O)O)n1. The van der Waals surface area contributed by atoms with Gasteiger partial charge >= 0.3 is 29.9 Å². The molecule has 364 valence electrons. The lowest BCUT2D eigenvalue weighted by atomic mass is 9.94. The second-order valence-electron chi connectivity index (χ2n) is 16.1. The minimum absolute atomic E-state index is 0.0800. The summed E-state index contributed by atoms with van der Waals surface area (Å²) in [5, 5.41) is 24.0. The number of aromatic nitrogens is 4. The number of esters is 2. The normalized spacial score (nSPS) is 12.4. The van der Waals surface area contributed by atoms with Crippen LogP contribution in [0.5, 0.6) is 6.01 Å². The highest BCUT2D eigenvalue weighted by molar-refractivity contribution is 6.28. The van der Waals surface area contributed by atoms with Crippen LogP contribution in [0, 0.1) is 11.8 Å². The van der Waals surface area contributed by atoms with Crippen LogP contribution in [0.2, 0.25) is 5.28 Å². The third kappa shape index (κ3) is 15.8. The third-order valence-electron chi connectivity index (χ3n) is 10.8. The van der Waals surface area contributed by atoms with E-state index in [4.69, 9.17) is 21.1 Å². The van der Waals surface area contributed by atoms with Crippen molar-refractivity contribution in [2.75, 3.05) is 20.8 Å². The number of methoxy groups -OCH3 is 2. The van der Waals surface area contributed by atoms with E-state index in [1.165, 1.54) is 20.3 Å². The molecule has 17 nitrogen and oxygen atoms in total. The Morgan fingerprint density at radius 2 is 1.01 bits per heavy atom. The first-order valence-electron chi connectivity index (χ1n) is 22.2. The summed E-state index contributed by atoms with van der Waals surface area (Å²) in [4.78, 5) is 88.2. The molecule has 2 aromatic heterocycles. The van der Waals surface area contributed by atoms with Gasteiger partial charge in [0.1, 0.15) is 11.4 Å². The number of aromatic carboxylic acids is 1. The Kier molecular flexibility index (Phi) is 19.6. The molecule has 4 atom stereocenters. The molecular weight excluding hydrogens is 920 g/mol. The topological polar surface area (TPSA) is 246 Å². The zero-order valence-electron chi connectivity index (χ0n) is 39.1. The van der Waals surface area contributed by atoms with Gasteiger partial charge in [-0.3, -0.25) is 19.2 Å². The van der Waals surface area contributed by atoms with E-state index in [0.29, 0.717) is 19.3 Å². The van der Waals surface area contributed by atoms with Crippen LogP contribution in [0.1, 0.15) is 86.7 Å². The number of halogens is 1. The molecule has 0 aliphatic rings. The maximum absolute atomic E-state index is 13.0. The number of nitrogens with zero attached hydrogens (tertiary/aromatic N) is 4. The molecule has 70 heavy (non-hydrogen) atoms. The molecule has 0 aliphatic carbocycles. The summed E-state index contributed by atoms with van der Waals surface area (Å²) < 4.78 is 14.7. The van der Waals surface area contributed by atoms with Gasteiger partial charge in [0.05, 0.1) is 32.7 Å². The maximum atomic E-state index is 13.0. The highest BCUT2D eigenvalue weighted by atomic mass is 35.5. The summed E-state index contributed by atoms with van der Waals surface area (Å²) in [6, 6.07) is 36.8. The minimum atomic E-state index is -1.33. The molecule has 0 spiro atoms. The van der Waals surface area contributed by atoms with E-state index in [9.17, 15) is 39.0 Å². The van der Waals surface area contributed by atoms with Gasteiger partial charge in [-0.2, -0.15) is 9.97 Å². The number of carboxylic acids is 2. The number of carboxylic acid groups (broad SMARTS) is 2. The molecular formula is C52H53ClN6O11. The van der Waals surface area contributed by atoms with Crippen LogP contribution in [0.4, 0.5) is 0 Å². The van der Waals surface area contributed by atoms with Crippen LogP contribution < -0.4 is 15.4 Å². The van der Waals surface area contributed by atoms with E-state index in [-0.39, 0.29) is 53.1 Å². The summed E-state index contributed by atoms with van der Waals surface area (Å²) in [6.07, 6.45) is 1.36. The highest BCUT2D eigenvalue weighted by Gasteiger charge is 2.26. The molecule has 0 aliphatic heterocycles. The number of aliphatic carboxylic acids is 1. The van der Waals surface area contributed by atoms with Gasteiger partial charge in [0.2, 0.25) is 5.28 Å². The average Bonchev–Trinajstić information content (AvgIpc) is 3.36. The van der Waals surface area contributed by atoms with Crippen LogP contribution in [0.15, 0.2) is 121 Å². The number of benzene rings is 4. The second-order valence-corrected chi connectivity index (χ2v) is 16.4. The van der Waals surface area contributed by atoms with E-state index in [0.717, 1.165) is 39.4 Å². The predicted molar refractivity (Wildman–Crippen MR) is 259 cm³/mol. The van der Waals surface area contributed by atoms with Gasteiger partial charge in [0.15, 0.2) is 11.4 Å². The standard InChI is InChI=1S/C27H28ClN3O5.C25H25N3O6/c1-4-36-25(33)17(2)14-21(15-18-10-12-20(13-11-18)19-8-6-5-7-9-19)29-24(32)22-16-23(26(34)35-3)31-27(28)30-22;1-15(23(30)31)12-19(13-16-8-10-18(11-9-16)17-6-4-3-5-7-17)26-22(29)20-14-21(24(32)33)28-25(27-20)34-2/h5-13,16-17,21H,4,14-15H2,1-3H3,(H,29,32);3-11,14-15,19H,12-13H2,1-2H3,(H,26,29)(H,30,31)(H,32,33)/t17-,21+;15-,19+/m11/s1. The van der Waals surface area contributed by atoms with E-state index in [2.05, 4.69) is 35.3 Å². The Balaban J connectivity index is 0.000000261. The van der Waals surface area contributed by atoms with Gasteiger partial charge in [-0.15, -0.1) is 0 Å². The number of rotatable bonds is 20. The van der Waals surface area contributed by atoms with Gasteiger partial charge < -0.3 is 35.1 Å². The van der Waals surface area contributed by atoms with Crippen LogP contribution in [0.3, 0.4) is 0 Å².